The molecular formula is C19H22ClNO3. The monoisotopic (exact) mass is 347 g/mol. The van der Waals surface area contributed by atoms with Crippen molar-refractivity contribution in [2.45, 2.75) is 19.1 Å². The van der Waals surface area contributed by atoms with E-state index in [0.717, 1.165) is 36.6 Å². The van der Waals surface area contributed by atoms with Crippen LogP contribution in [0.5, 0.6) is 11.5 Å². The van der Waals surface area contributed by atoms with Crippen LogP contribution in [0.1, 0.15) is 12.0 Å². The van der Waals surface area contributed by atoms with E-state index in [0.29, 0.717) is 11.6 Å². The summed E-state index contributed by atoms with van der Waals surface area (Å²) in [6, 6.07) is 15.2. The number of β-amino-alcohol motifs (C(OH)–C–C–N with tert-alkyl or cyclic N) is 1. The molecule has 3 rings (SSSR count). The molecule has 5 heteroatoms. The second kappa shape index (κ2) is 7.99. The van der Waals surface area contributed by atoms with Gasteiger partial charge in [-0.1, -0.05) is 23.7 Å². The minimum atomic E-state index is -0.461. The number of nitrogens with zero attached hydrogens (tertiary/aromatic N) is 1. The van der Waals surface area contributed by atoms with Gasteiger partial charge in [-0.25, -0.2) is 0 Å². The first-order valence-corrected chi connectivity index (χ1v) is 8.55. The van der Waals surface area contributed by atoms with Crippen molar-refractivity contribution in [2.75, 3.05) is 19.7 Å². The molecule has 1 aliphatic heterocycles. The number of piperidine rings is 1. The molecule has 1 saturated heterocycles. The molecule has 0 aromatic heterocycles. The summed E-state index contributed by atoms with van der Waals surface area (Å²) in [5.41, 5.74) is 1.14. The number of likely N-dealkylation sites (tertiary alicyclic amines) is 1. The third-order valence-electron chi connectivity index (χ3n) is 4.39. The van der Waals surface area contributed by atoms with Gasteiger partial charge in [0.05, 0.1) is 6.10 Å². The normalized spacial score (nSPS) is 21.6. The Bertz CT molecular complexity index is 662. The summed E-state index contributed by atoms with van der Waals surface area (Å²) in [4.78, 5) is 2.21. The second-order valence-electron chi connectivity index (χ2n) is 6.24. The van der Waals surface area contributed by atoms with Gasteiger partial charge in [0.15, 0.2) is 0 Å². The van der Waals surface area contributed by atoms with E-state index in [1.165, 1.54) is 0 Å². The predicted octanol–water partition coefficient (Wildman–Crippen LogP) is 3.31. The molecule has 24 heavy (non-hydrogen) atoms. The highest BCUT2D eigenvalue weighted by Crippen LogP contribution is 2.25. The fourth-order valence-electron chi connectivity index (χ4n) is 3.01. The fraction of sp³-hybridized carbons (Fsp3) is 0.368. The maximum Gasteiger partial charge on any atom is 0.127 e. The van der Waals surface area contributed by atoms with Gasteiger partial charge in [-0.3, -0.25) is 4.90 Å². The Morgan fingerprint density at radius 2 is 1.92 bits per heavy atom. The fourth-order valence-corrected chi connectivity index (χ4v) is 3.13. The SMILES string of the molecule is OC[C@H]1CCN(Cc2cccc(Oc3ccc(Cl)cc3)c2)C[C@H]1O. The first kappa shape index (κ1) is 17.2. The molecule has 2 atom stereocenters. The number of aliphatic hydroxyl groups excluding tert-OH is 2. The van der Waals surface area contributed by atoms with Gasteiger partial charge >= 0.3 is 0 Å². The summed E-state index contributed by atoms with van der Waals surface area (Å²) >= 11 is 5.88. The lowest BCUT2D eigenvalue weighted by Crippen LogP contribution is -2.44. The first-order chi connectivity index (χ1) is 11.6. The Labute approximate surface area is 147 Å². The zero-order chi connectivity index (χ0) is 16.9. The Balaban J connectivity index is 1.62. The zero-order valence-electron chi connectivity index (χ0n) is 13.4. The van der Waals surface area contributed by atoms with E-state index in [2.05, 4.69) is 11.0 Å². The molecule has 0 unspecified atom stereocenters. The van der Waals surface area contributed by atoms with Crippen LogP contribution in [0.4, 0.5) is 0 Å². The van der Waals surface area contributed by atoms with Crippen LogP contribution >= 0.6 is 11.6 Å². The van der Waals surface area contributed by atoms with Gasteiger partial charge in [-0.2, -0.15) is 0 Å². The topological polar surface area (TPSA) is 52.9 Å². The van der Waals surface area contributed by atoms with Gasteiger partial charge in [-0.15, -0.1) is 0 Å². The van der Waals surface area contributed by atoms with Gasteiger partial charge < -0.3 is 14.9 Å². The minimum Gasteiger partial charge on any atom is -0.457 e. The van der Waals surface area contributed by atoms with E-state index < -0.39 is 6.10 Å². The van der Waals surface area contributed by atoms with Gasteiger partial charge in [0.2, 0.25) is 0 Å². The number of aliphatic hydroxyl groups is 2. The van der Waals surface area contributed by atoms with Gasteiger partial charge in [0.25, 0.3) is 0 Å². The van der Waals surface area contributed by atoms with Crippen molar-refractivity contribution in [3.05, 3.63) is 59.1 Å². The molecule has 1 heterocycles. The van der Waals surface area contributed by atoms with Crippen LogP contribution in [0.2, 0.25) is 5.02 Å². The third-order valence-corrected chi connectivity index (χ3v) is 4.65. The van der Waals surface area contributed by atoms with Crippen molar-refractivity contribution in [1.29, 1.82) is 0 Å². The van der Waals surface area contributed by atoms with Crippen LogP contribution in [-0.4, -0.2) is 40.9 Å². The zero-order valence-corrected chi connectivity index (χ0v) is 14.2. The van der Waals surface area contributed by atoms with E-state index in [1.807, 2.05) is 30.3 Å². The van der Waals surface area contributed by atoms with Crippen LogP contribution in [0.3, 0.4) is 0 Å². The second-order valence-corrected chi connectivity index (χ2v) is 6.67. The smallest absolute Gasteiger partial charge is 0.127 e. The number of ether oxygens (including phenoxy) is 1. The number of benzene rings is 2. The van der Waals surface area contributed by atoms with Crippen molar-refractivity contribution < 1.29 is 14.9 Å². The molecule has 0 spiro atoms. The van der Waals surface area contributed by atoms with Crippen molar-refractivity contribution in [2.24, 2.45) is 5.92 Å². The summed E-state index contributed by atoms with van der Waals surface area (Å²) in [6.07, 6.45) is 0.357. The molecular weight excluding hydrogens is 326 g/mol. The Hall–Kier alpha value is -1.59. The van der Waals surface area contributed by atoms with Crippen LogP contribution in [0, 0.1) is 5.92 Å². The Kier molecular flexibility index (Phi) is 5.74. The number of halogens is 1. The lowest BCUT2D eigenvalue weighted by molar-refractivity contribution is -0.00444. The molecule has 4 nitrogen and oxygen atoms in total. The molecule has 0 aliphatic carbocycles. The summed E-state index contributed by atoms with van der Waals surface area (Å²) < 4.78 is 5.86. The maximum atomic E-state index is 10.1. The first-order valence-electron chi connectivity index (χ1n) is 8.17. The summed E-state index contributed by atoms with van der Waals surface area (Å²) in [5, 5.41) is 20.0. The quantitative estimate of drug-likeness (QED) is 0.871. The third kappa shape index (κ3) is 4.48. The van der Waals surface area contributed by atoms with Crippen LogP contribution in [-0.2, 0) is 6.54 Å². The van der Waals surface area contributed by atoms with Crippen LogP contribution < -0.4 is 4.74 Å². The number of rotatable bonds is 5. The molecule has 1 aliphatic rings. The van der Waals surface area contributed by atoms with Crippen LogP contribution in [0.25, 0.3) is 0 Å². The molecule has 2 aromatic rings. The summed E-state index contributed by atoms with van der Waals surface area (Å²) in [6.45, 7) is 2.28. The van der Waals surface area contributed by atoms with Gasteiger partial charge in [-0.05, 0) is 54.9 Å². The highest BCUT2D eigenvalue weighted by molar-refractivity contribution is 6.30. The Morgan fingerprint density at radius 3 is 2.62 bits per heavy atom. The lowest BCUT2D eigenvalue weighted by Gasteiger charge is -2.35. The lowest BCUT2D eigenvalue weighted by atomic mass is 9.94. The summed E-state index contributed by atoms with van der Waals surface area (Å²) in [5.74, 6) is 1.53. The molecule has 1 fully saturated rings. The molecule has 0 saturated carbocycles. The molecule has 128 valence electrons. The average molecular weight is 348 g/mol. The average Bonchev–Trinajstić information content (AvgIpc) is 2.58. The summed E-state index contributed by atoms with van der Waals surface area (Å²) in [7, 11) is 0. The molecule has 0 radical (unpaired) electrons. The van der Waals surface area contributed by atoms with Crippen LogP contribution in [0.15, 0.2) is 48.5 Å². The van der Waals surface area contributed by atoms with Crippen molar-refractivity contribution in [3.63, 3.8) is 0 Å². The molecule has 2 N–H and O–H groups in total. The largest absolute Gasteiger partial charge is 0.457 e. The van der Waals surface area contributed by atoms with Crippen molar-refractivity contribution >= 4 is 11.6 Å². The number of hydrogen-bond donors (Lipinski definition) is 2. The Morgan fingerprint density at radius 1 is 1.12 bits per heavy atom. The molecule has 2 aromatic carbocycles. The predicted molar refractivity (Wildman–Crippen MR) is 94.4 cm³/mol. The van der Waals surface area contributed by atoms with E-state index >= 15 is 0 Å². The van der Waals surface area contributed by atoms with E-state index in [1.54, 1.807) is 12.1 Å². The van der Waals surface area contributed by atoms with E-state index in [-0.39, 0.29) is 12.5 Å². The highest BCUT2D eigenvalue weighted by atomic mass is 35.5. The van der Waals surface area contributed by atoms with E-state index in [9.17, 15) is 10.2 Å². The van der Waals surface area contributed by atoms with E-state index in [4.69, 9.17) is 16.3 Å². The van der Waals surface area contributed by atoms with Gasteiger partial charge in [0, 0.05) is 30.6 Å². The molecule has 0 bridgehead atoms. The standard InChI is InChI=1S/C19H22ClNO3/c20-16-4-6-17(7-5-16)24-18-3-1-2-14(10-18)11-21-9-8-15(13-22)19(23)12-21/h1-7,10,15,19,22-23H,8-9,11-13H2/t15-,19-/m1/s1. The number of hydrogen-bond acceptors (Lipinski definition) is 4. The maximum absolute atomic E-state index is 10.1. The van der Waals surface area contributed by atoms with Crippen molar-refractivity contribution in [3.8, 4) is 11.5 Å². The minimum absolute atomic E-state index is 0.000761. The molecule has 0 amide bonds. The highest BCUT2D eigenvalue weighted by Gasteiger charge is 2.26. The van der Waals surface area contributed by atoms with Crippen molar-refractivity contribution in [1.82, 2.24) is 4.90 Å². The van der Waals surface area contributed by atoms with Gasteiger partial charge in [0.1, 0.15) is 11.5 Å².